The summed E-state index contributed by atoms with van der Waals surface area (Å²) in [4.78, 5) is 10.9. The highest BCUT2D eigenvalue weighted by Crippen LogP contribution is 1.96. The molecule has 0 aromatic heterocycles. The number of carbonyl (C=O) groups is 1. The van der Waals surface area contributed by atoms with Crippen molar-refractivity contribution in [3.63, 3.8) is 0 Å². The quantitative estimate of drug-likeness (QED) is 0.612. The van der Waals surface area contributed by atoms with Gasteiger partial charge in [0.05, 0.1) is 0 Å². The molecule has 1 N–H and O–H groups in total. The highest BCUT2D eigenvalue weighted by molar-refractivity contribution is 5.93. The predicted octanol–water partition coefficient (Wildman–Crippen LogP) is 1.05. The van der Waals surface area contributed by atoms with Gasteiger partial charge in [-0.05, 0) is 12.1 Å². The standard InChI is InChI=1S/C8H9NO/c1-9-8(10)7-5-3-2-4-6-7/h2-6H,1H3,(H,9,10). The lowest BCUT2D eigenvalue weighted by Crippen LogP contribution is -2.17. The van der Waals surface area contributed by atoms with E-state index in [0.717, 1.165) is 0 Å². The van der Waals surface area contributed by atoms with Gasteiger partial charge in [-0.15, -0.1) is 0 Å². The number of rotatable bonds is 1. The molecule has 2 nitrogen and oxygen atoms in total. The van der Waals surface area contributed by atoms with Crippen molar-refractivity contribution in [3.05, 3.63) is 35.9 Å². The second-order valence-electron chi connectivity index (χ2n) is 1.95. The number of nitrogens with one attached hydrogen (secondary N) is 1. The molecule has 52 valence electrons. The van der Waals surface area contributed by atoms with Gasteiger partial charge < -0.3 is 5.32 Å². The molecule has 0 saturated carbocycles. The van der Waals surface area contributed by atoms with Gasteiger partial charge in [-0.1, -0.05) is 18.2 Å². The maximum atomic E-state index is 10.9. The lowest BCUT2D eigenvalue weighted by molar-refractivity contribution is 0.0963. The molecule has 0 radical (unpaired) electrons. The Morgan fingerprint density at radius 3 is 2.40 bits per heavy atom. The second-order valence-corrected chi connectivity index (χ2v) is 1.95. The number of hydrogen-bond donors (Lipinski definition) is 1. The van der Waals surface area contributed by atoms with Gasteiger partial charge in [0.25, 0.3) is 5.91 Å². The van der Waals surface area contributed by atoms with E-state index in [1.165, 1.54) is 0 Å². The first-order valence-corrected chi connectivity index (χ1v) is 3.11. The monoisotopic (exact) mass is 135 g/mol. The van der Waals surface area contributed by atoms with Gasteiger partial charge in [0.1, 0.15) is 0 Å². The number of carbonyl (C=O) groups excluding carboxylic acids is 1. The summed E-state index contributed by atoms with van der Waals surface area (Å²) >= 11 is 0. The molecule has 0 aliphatic heterocycles. The van der Waals surface area contributed by atoms with Crippen LogP contribution in [0.4, 0.5) is 0 Å². The largest absolute Gasteiger partial charge is 0.355 e. The van der Waals surface area contributed by atoms with Gasteiger partial charge in [0.2, 0.25) is 0 Å². The van der Waals surface area contributed by atoms with E-state index in [1.54, 1.807) is 19.2 Å². The van der Waals surface area contributed by atoms with E-state index >= 15 is 0 Å². The molecule has 0 spiro atoms. The molecule has 0 unspecified atom stereocenters. The number of hydrogen-bond acceptors (Lipinski definition) is 1. The van der Waals surface area contributed by atoms with E-state index in [2.05, 4.69) is 5.32 Å². The molecule has 0 fully saturated rings. The molecule has 1 aromatic rings. The van der Waals surface area contributed by atoms with Crippen molar-refractivity contribution >= 4 is 5.91 Å². The van der Waals surface area contributed by atoms with Crippen molar-refractivity contribution < 1.29 is 4.79 Å². The van der Waals surface area contributed by atoms with Crippen molar-refractivity contribution in [3.8, 4) is 0 Å². The van der Waals surface area contributed by atoms with E-state index in [1.807, 2.05) is 18.2 Å². The molecular formula is C8H9NO. The van der Waals surface area contributed by atoms with Crippen molar-refractivity contribution in [1.82, 2.24) is 5.32 Å². The van der Waals surface area contributed by atoms with E-state index < -0.39 is 0 Å². The van der Waals surface area contributed by atoms with Crippen LogP contribution in [0.5, 0.6) is 0 Å². The van der Waals surface area contributed by atoms with Crippen molar-refractivity contribution in [2.45, 2.75) is 0 Å². The third kappa shape index (κ3) is 1.35. The predicted molar refractivity (Wildman–Crippen MR) is 39.8 cm³/mol. The number of benzene rings is 1. The van der Waals surface area contributed by atoms with Gasteiger partial charge in [0.15, 0.2) is 0 Å². The molecule has 1 rings (SSSR count). The lowest BCUT2D eigenvalue weighted by Gasteiger charge is -1.96. The topological polar surface area (TPSA) is 29.1 Å². The van der Waals surface area contributed by atoms with Gasteiger partial charge in [-0.25, -0.2) is 0 Å². The summed E-state index contributed by atoms with van der Waals surface area (Å²) in [5, 5.41) is 2.54. The maximum Gasteiger partial charge on any atom is 0.251 e. The third-order valence-electron chi connectivity index (χ3n) is 1.26. The first-order valence-electron chi connectivity index (χ1n) is 3.11. The Balaban J connectivity index is 2.85. The first-order chi connectivity index (χ1) is 4.84. The normalized spacial score (nSPS) is 8.90. The fourth-order valence-corrected chi connectivity index (χ4v) is 0.734. The van der Waals surface area contributed by atoms with Crippen molar-refractivity contribution in [1.29, 1.82) is 0 Å². The van der Waals surface area contributed by atoms with Crippen LogP contribution in [0.3, 0.4) is 0 Å². The van der Waals surface area contributed by atoms with Crippen LogP contribution in [0.25, 0.3) is 0 Å². The van der Waals surface area contributed by atoms with E-state index in [0.29, 0.717) is 5.56 Å². The van der Waals surface area contributed by atoms with Crippen LogP contribution in [-0.2, 0) is 0 Å². The Bertz CT molecular complexity index is 218. The lowest BCUT2D eigenvalue weighted by atomic mass is 10.2. The van der Waals surface area contributed by atoms with Crippen LogP contribution in [0, 0.1) is 0 Å². The molecular weight excluding hydrogens is 126 g/mol. The third-order valence-corrected chi connectivity index (χ3v) is 1.26. The zero-order valence-corrected chi connectivity index (χ0v) is 5.79. The molecule has 10 heavy (non-hydrogen) atoms. The summed E-state index contributed by atoms with van der Waals surface area (Å²) in [5.41, 5.74) is 0.699. The Morgan fingerprint density at radius 2 is 1.90 bits per heavy atom. The zero-order valence-electron chi connectivity index (χ0n) is 5.79. The SMILES string of the molecule is CNC(=O)c1ccccc1. The van der Waals surface area contributed by atoms with E-state index in [-0.39, 0.29) is 5.91 Å². The molecule has 0 heterocycles. The minimum atomic E-state index is -0.0411. The summed E-state index contributed by atoms with van der Waals surface area (Å²) in [6, 6.07) is 9.11. The van der Waals surface area contributed by atoms with Crippen LogP contribution in [0.15, 0.2) is 30.3 Å². The molecule has 0 saturated heterocycles. The summed E-state index contributed by atoms with van der Waals surface area (Å²) in [5.74, 6) is -0.0411. The Labute approximate surface area is 59.9 Å². The van der Waals surface area contributed by atoms with Crippen molar-refractivity contribution in [2.24, 2.45) is 0 Å². The second kappa shape index (κ2) is 3.01. The Hall–Kier alpha value is -1.31. The molecule has 0 bridgehead atoms. The minimum Gasteiger partial charge on any atom is -0.355 e. The Kier molecular flexibility index (Phi) is 2.05. The first kappa shape index (κ1) is 6.81. The van der Waals surface area contributed by atoms with Crippen molar-refractivity contribution in [2.75, 3.05) is 7.05 Å². The molecule has 0 aliphatic carbocycles. The summed E-state index contributed by atoms with van der Waals surface area (Å²) in [7, 11) is 1.62. The van der Waals surface area contributed by atoms with Crippen LogP contribution < -0.4 is 5.32 Å². The van der Waals surface area contributed by atoms with Gasteiger partial charge in [-0.3, -0.25) is 4.79 Å². The van der Waals surface area contributed by atoms with Crippen LogP contribution in [-0.4, -0.2) is 13.0 Å². The zero-order chi connectivity index (χ0) is 7.40. The average molecular weight is 135 g/mol. The summed E-state index contributed by atoms with van der Waals surface area (Å²) in [6.07, 6.45) is 0. The molecule has 1 amide bonds. The molecule has 0 atom stereocenters. The molecule has 1 aromatic carbocycles. The van der Waals surface area contributed by atoms with Gasteiger partial charge in [-0.2, -0.15) is 0 Å². The Morgan fingerprint density at radius 1 is 1.30 bits per heavy atom. The summed E-state index contributed by atoms with van der Waals surface area (Å²) in [6.45, 7) is 0. The highest BCUT2D eigenvalue weighted by Gasteiger charge is 1.97. The van der Waals surface area contributed by atoms with Crippen LogP contribution in [0.1, 0.15) is 10.4 Å². The fourth-order valence-electron chi connectivity index (χ4n) is 0.734. The molecule has 2 heteroatoms. The number of amides is 1. The average Bonchev–Trinajstić information content (AvgIpc) is 2.05. The maximum absolute atomic E-state index is 10.9. The summed E-state index contributed by atoms with van der Waals surface area (Å²) < 4.78 is 0. The smallest absolute Gasteiger partial charge is 0.251 e. The highest BCUT2D eigenvalue weighted by atomic mass is 16.1. The van der Waals surface area contributed by atoms with Crippen LogP contribution in [0.2, 0.25) is 0 Å². The van der Waals surface area contributed by atoms with E-state index in [9.17, 15) is 4.79 Å². The van der Waals surface area contributed by atoms with Gasteiger partial charge in [0, 0.05) is 12.6 Å². The minimum absolute atomic E-state index is 0.0411. The van der Waals surface area contributed by atoms with E-state index in [4.69, 9.17) is 0 Å². The van der Waals surface area contributed by atoms with Gasteiger partial charge >= 0.3 is 0 Å². The fraction of sp³-hybridized carbons (Fsp3) is 0.125. The molecule has 0 aliphatic rings. The van der Waals surface area contributed by atoms with Crippen LogP contribution >= 0.6 is 0 Å².